The standard InChI is InChI=1S/C22H15F3N4O3S/c23-22(24,25)19-12-11-15(14-26-19)18-13-20(32-16-7-3-1-4-8-16)28-21(27-18)29-33(30,31)17-9-5-2-6-10-17/h1-14H,(H,27,28,29). The van der Waals surface area contributed by atoms with E-state index in [-0.39, 0.29) is 28.0 Å². The molecule has 168 valence electrons. The van der Waals surface area contributed by atoms with Crippen LogP contribution in [-0.4, -0.2) is 23.4 Å². The molecule has 1 N–H and O–H groups in total. The van der Waals surface area contributed by atoms with Gasteiger partial charge < -0.3 is 4.74 Å². The zero-order valence-electron chi connectivity index (χ0n) is 16.7. The molecule has 0 aliphatic rings. The molecule has 0 aliphatic heterocycles. The molecule has 2 aromatic heterocycles. The molecule has 4 aromatic rings. The summed E-state index contributed by atoms with van der Waals surface area (Å²) in [4.78, 5) is 11.7. The number of rotatable bonds is 6. The van der Waals surface area contributed by atoms with Crippen LogP contribution >= 0.6 is 0 Å². The van der Waals surface area contributed by atoms with Gasteiger partial charge in [0, 0.05) is 17.8 Å². The number of sulfonamides is 1. The molecule has 0 spiro atoms. The van der Waals surface area contributed by atoms with E-state index in [1.807, 2.05) is 0 Å². The molecule has 0 saturated carbocycles. The van der Waals surface area contributed by atoms with Gasteiger partial charge in [-0.2, -0.15) is 18.2 Å². The van der Waals surface area contributed by atoms with Crippen LogP contribution in [0.25, 0.3) is 11.3 Å². The summed E-state index contributed by atoms with van der Waals surface area (Å²) in [6.45, 7) is 0. The molecule has 0 unspecified atom stereocenters. The zero-order chi connectivity index (χ0) is 23.5. The summed E-state index contributed by atoms with van der Waals surface area (Å²) in [7, 11) is -4.02. The number of hydrogen-bond donors (Lipinski definition) is 1. The zero-order valence-corrected chi connectivity index (χ0v) is 17.5. The van der Waals surface area contributed by atoms with Crippen molar-refractivity contribution in [2.45, 2.75) is 11.1 Å². The molecule has 0 saturated heterocycles. The lowest BCUT2D eigenvalue weighted by atomic mass is 10.2. The molecular formula is C22H15F3N4O3S. The Bertz CT molecular complexity index is 1350. The number of ether oxygens (including phenoxy) is 1. The van der Waals surface area contributed by atoms with E-state index in [4.69, 9.17) is 4.74 Å². The maximum absolute atomic E-state index is 12.9. The van der Waals surface area contributed by atoms with Gasteiger partial charge in [-0.3, -0.25) is 4.98 Å². The van der Waals surface area contributed by atoms with Crippen molar-refractivity contribution in [3.63, 3.8) is 0 Å². The number of nitrogens with one attached hydrogen (secondary N) is 1. The number of halogens is 3. The highest BCUT2D eigenvalue weighted by atomic mass is 32.2. The molecule has 0 aliphatic carbocycles. The Morgan fingerprint density at radius 2 is 1.52 bits per heavy atom. The third kappa shape index (κ3) is 5.44. The molecule has 4 rings (SSSR count). The highest BCUT2D eigenvalue weighted by molar-refractivity contribution is 7.92. The Hall–Kier alpha value is -3.99. The first kappa shape index (κ1) is 22.2. The number of nitrogens with zero attached hydrogens (tertiary/aromatic N) is 3. The van der Waals surface area contributed by atoms with Gasteiger partial charge in [0.1, 0.15) is 11.4 Å². The predicted molar refractivity (Wildman–Crippen MR) is 114 cm³/mol. The lowest BCUT2D eigenvalue weighted by molar-refractivity contribution is -0.141. The van der Waals surface area contributed by atoms with Crippen LogP contribution in [0.4, 0.5) is 19.1 Å². The Labute approximate surface area is 187 Å². The Morgan fingerprint density at radius 1 is 0.848 bits per heavy atom. The van der Waals surface area contributed by atoms with Gasteiger partial charge >= 0.3 is 6.18 Å². The van der Waals surface area contributed by atoms with Gasteiger partial charge in [0.05, 0.1) is 10.6 Å². The second kappa shape index (κ2) is 8.87. The first-order valence-electron chi connectivity index (χ1n) is 9.44. The average Bonchev–Trinajstić information content (AvgIpc) is 2.79. The van der Waals surface area contributed by atoms with Crippen molar-refractivity contribution >= 4 is 16.0 Å². The number of benzene rings is 2. The summed E-state index contributed by atoms with van der Waals surface area (Å²) in [5.41, 5.74) is -0.738. The first-order chi connectivity index (χ1) is 15.7. The SMILES string of the molecule is O=S(=O)(Nc1nc(Oc2ccccc2)cc(-c2ccc(C(F)(F)F)nc2)n1)c1ccccc1. The minimum Gasteiger partial charge on any atom is -0.439 e. The minimum absolute atomic E-state index is 0.0132. The Kier molecular flexibility index (Phi) is 5.97. The van der Waals surface area contributed by atoms with E-state index in [1.165, 1.54) is 24.3 Å². The van der Waals surface area contributed by atoms with E-state index < -0.39 is 21.9 Å². The van der Waals surface area contributed by atoms with Crippen LogP contribution in [0, 0.1) is 0 Å². The highest BCUT2D eigenvalue weighted by Crippen LogP contribution is 2.30. The van der Waals surface area contributed by atoms with Crippen LogP contribution < -0.4 is 9.46 Å². The minimum atomic E-state index is -4.59. The van der Waals surface area contributed by atoms with Crippen LogP contribution in [0.1, 0.15) is 5.69 Å². The van der Waals surface area contributed by atoms with Crippen molar-refractivity contribution in [2.75, 3.05) is 4.72 Å². The van der Waals surface area contributed by atoms with Crippen molar-refractivity contribution in [2.24, 2.45) is 0 Å². The van der Waals surface area contributed by atoms with Gasteiger partial charge in [-0.25, -0.2) is 18.1 Å². The maximum atomic E-state index is 12.9. The smallest absolute Gasteiger partial charge is 0.433 e. The van der Waals surface area contributed by atoms with E-state index in [9.17, 15) is 21.6 Å². The normalized spacial score (nSPS) is 11.7. The van der Waals surface area contributed by atoms with Crippen molar-refractivity contribution in [1.29, 1.82) is 0 Å². The molecule has 2 aromatic carbocycles. The quantitative estimate of drug-likeness (QED) is 0.417. The molecule has 0 fully saturated rings. The van der Waals surface area contributed by atoms with Gasteiger partial charge in [-0.1, -0.05) is 36.4 Å². The molecule has 7 nitrogen and oxygen atoms in total. The first-order valence-corrected chi connectivity index (χ1v) is 10.9. The Morgan fingerprint density at radius 3 is 2.12 bits per heavy atom. The van der Waals surface area contributed by atoms with E-state index in [2.05, 4.69) is 19.7 Å². The second-order valence-corrected chi connectivity index (χ2v) is 8.36. The van der Waals surface area contributed by atoms with E-state index in [0.717, 1.165) is 12.3 Å². The fourth-order valence-electron chi connectivity index (χ4n) is 2.77. The van der Waals surface area contributed by atoms with Crippen molar-refractivity contribution in [3.8, 4) is 22.9 Å². The van der Waals surface area contributed by atoms with Crippen LogP contribution in [0.5, 0.6) is 11.6 Å². The van der Waals surface area contributed by atoms with E-state index in [1.54, 1.807) is 48.5 Å². The summed E-state index contributed by atoms with van der Waals surface area (Å²) >= 11 is 0. The molecule has 11 heteroatoms. The fraction of sp³-hybridized carbons (Fsp3) is 0.0455. The lowest BCUT2D eigenvalue weighted by Gasteiger charge is -2.12. The second-order valence-electron chi connectivity index (χ2n) is 6.68. The summed E-state index contributed by atoms with van der Waals surface area (Å²) in [5, 5.41) is 0. The fourth-order valence-corrected chi connectivity index (χ4v) is 3.74. The van der Waals surface area contributed by atoms with Crippen molar-refractivity contribution in [1.82, 2.24) is 15.0 Å². The van der Waals surface area contributed by atoms with Crippen LogP contribution in [-0.2, 0) is 16.2 Å². The maximum Gasteiger partial charge on any atom is 0.433 e. The number of hydrogen-bond acceptors (Lipinski definition) is 6. The van der Waals surface area contributed by atoms with E-state index in [0.29, 0.717) is 5.75 Å². The highest BCUT2D eigenvalue weighted by Gasteiger charge is 2.32. The number of para-hydroxylation sites is 1. The molecule has 0 amide bonds. The van der Waals surface area contributed by atoms with Gasteiger partial charge in [0.25, 0.3) is 10.0 Å². The molecular weight excluding hydrogens is 457 g/mol. The summed E-state index contributed by atoms with van der Waals surface area (Å²) in [5.74, 6) is 0.0867. The van der Waals surface area contributed by atoms with Gasteiger partial charge in [0.2, 0.25) is 11.8 Å². The summed E-state index contributed by atoms with van der Waals surface area (Å²) < 4.78 is 71.9. The van der Waals surface area contributed by atoms with Crippen molar-refractivity contribution < 1.29 is 26.3 Å². The van der Waals surface area contributed by atoms with Gasteiger partial charge in [-0.05, 0) is 36.4 Å². The number of pyridine rings is 1. The summed E-state index contributed by atoms with van der Waals surface area (Å²) in [6, 6.07) is 19.5. The van der Waals surface area contributed by atoms with Crippen molar-refractivity contribution in [3.05, 3.63) is 90.8 Å². The molecule has 2 heterocycles. The number of alkyl halides is 3. The lowest BCUT2D eigenvalue weighted by Crippen LogP contribution is -2.15. The predicted octanol–water partition coefficient (Wildman–Crippen LogP) is 5.15. The average molecular weight is 472 g/mol. The topological polar surface area (TPSA) is 94.1 Å². The van der Waals surface area contributed by atoms with Crippen LogP contribution in [0.3, 0.4) is 0 Å². The third-order valence-electron chi connectivity index (χ3n) is 4.30. The molecule has 0 bridgehead atoms. The third-order valence-corrected chi connectivity index (χ3v) is 5.64. The number of aromatic nitrogens is 3. The monoisotopic (exact) mass is 472 g/mol. The molecule has 33 heavy (non-hydrogen) atoms. The van der Waals surface area contributed by atoms with Crippen LogP contribution in [0.2, 0.25) is 0 Å². The van der Waals surface area contributed by atoms with E-state index >= 15 is 0 Å². The largest absolute Gasteiger partial charge is 0.439 e. The van der Waals surface area contributed by atoms with Gasteiger partial charge in [0.15, 0.2) is 0 Å². The molecule has 0 atom stereocenters. The molecule has 0 radical (unpaired) electrons. The van der Waals surface area contributed by atoms with Crippen LogP contribution in [0.15, 0.2) is 90.0 Å². The Balaban J connectivity index is 1.74. The van der Waals surface area contributed by atoms with Gasteiger partial charge in [-0.15, -0.1) is 0 Å². The number of anilines is 1. The summed E-state index contributed by atoms with van der Waals surface area (Å²) in [6.07, 6.45) is -3.60.